The number of carbonyl (C=O) groups excluding carboxylic acids is 1. The Hall–Kier alpha value is -1.71. The molecule has 4 heteroatoms. The van der Waals surface area contributed by atoms with Gasteiger partial charge in [-0.05, 0) is 37.0 Å². The summed E-state index contributed by atoms with van der Waals surface area (Å²) in [5.41, 5.74) is 0.861. The SMILES string of the molecule is COC(=O)Cc1ccc(OC2CCC2)c(OC)c1. The summed E-state index contributed by atoms with van der Waals surface area (Å²) in [6, 6.07) is 5.55. The Morgan fingerprint density at radius 1 is 1.28 bits per heavy atom. The van der Waals surface area contributed by atoms with E-state index < -0.39 is 0 Å². The molecule has 0 N–H and O–H groups in total. The van der Waals surface area contributed by atoms with Crippen LogP contribution in [0.25, 0.3) is 0 Å². The van der Waals surface area contributed by atoms with E-state index in [1.165, 1.54) is 13.5 Å². The second kappa shape index (κ2) is 5.76. The zero-order valence-electron chi connectivity index (χ0n) is 10.8. The van der Waals surface area contributed by atoms with Crippen LogP contribution in [0, 0.1) is 0 Å². The van der Waals surface area contributed by atoms with Gasteiger partial charge in [-0.2, -0.15) is 0 Å². The summed E-state index contributed by atoms with van der Waals surface area (Å²) in [5.74, 6) is 1.16. The van der Waals surface area contributed by atoms with Gasteiger partial charge in [-0.15, -0.1) is 0 Å². The van der Waals surface area contributed by atoms with Crippen molar-refractivity contribution in [1.29, 1.82) is 0 Å². The number of benzene rings is 1. The molecule has 4 nitrogen and oxygen atoms in total. The summed E-state index contributed by atoms with van der Waals surface area (Å²) in [6.07, 6.45) is 4.00. The number of hydrogen-bond acceptors (Lipinski definition) is 4. The molecule has 1 fully saturated rings. The van der Waals surface area contributed by atoms with E-state index in [-0.39, 0.29) is 12.4 Å². The Morgan fingerprint density at radius 2 is 2.06 bits per heavy atom. The van der Waals surface area contributed by atoms with Crippen LogP contribution in [0.1, 0.15) is 24.8 Å². The monoisotopic (exact) mass is 250 g/mol. The van der Waals surface area contributed by atoms with Gasteiger partial charge in [0.25, 0.3) is 0 Å². The van der Waals surface area contributed by atoms with Crippen molar-refractivity contribution in [2.45, 2.75) is 31.8 Å². The van der Waals surface area contributed by atoms with Gasteiger partial charge in [0.15, 0.2) is 11.5 Å². The summed E-state index contributed by atoms with van der Waals surface area (Å²) in [4.78, 5) is 11.2. The van der Waals surface area contributed by atoms with E-state index in [9.17, 15) is 4.79 Å². The van der Waals surface area contributed by atoms with Crippen LogP contribution in [-0.2, 0) is 16.0 Å². The number of rotatable bonds is 5. The zero-order valence-corrected chi connectivity index (χ0v) is 10.8. The topological polar surface area (TPSA) is 44.8 Å². The Kier molecular flexibility index (Phi) is 4.07. The molecule has 0 heterocycles. The first-order valence-electron chi connectivity index (χ1n) is 6.13. The van der Waals surface area contributed by atoms with Gasteiger partial charge in [0.2, 0.25) is 0 Å². The summed E-state index contributed by atoms with van der Waals surface area (Å²) >= 11 is 0. The van der Waals surface area contributed by atoms with Crippen molar-refractivity contribution in [3.05, 3.63) is 23.8 Å². The van der Waals surface area contributed by atoms with Gasteiger partial charge in [-0.1, -0.05) is 6.07 Å². The molecule has 1 aromatic carbocycles. The van der Waals surface area contributed by atoms with Crippen LogP contribution >= 0.6 is 0 Å². The summed E-state index contributed by atoms with van der Waals surface area (Å²) in [7, 11) is 2.98. The van der Waals surface area contributed by atoms with Crippen LogP contribution in [0.5, 0.6) is 11.5 Å². The van der Waals surface area contributed by atoms with Crippen LogP contribution < -0.4 is 9.47 Å². The van der Waals surface area contributed by atoms with E-state index in [0.29, 0.717) is 11.9 Å². The maximum absolute atomic E-state index is 11.2. The summed E-state index contributed by atoms with van der Waals surface area (Å²) in [6.45, 7) is 0. The van der Waals surface area contributed by atoms with Gasteiger partial charge >= 0.3 is 5.97 Å². The number of ether oxygens (including phenoxy) is 3. The van der Waals surface area contributed by atoms with Gasteiger partial charge in [0.05, 0.1) is 26.7 Å². The van der Waals surface area contributed by atoms with Crippen molar-refractivity contribution in [2.75, 3.05) is 14.2 Å². The number of hydrogen-bond donors (Lipinski definition) is 0. The van der Waals surface area contributed by atoms with Gasteiger partial charge < -0.3 is 14.2 Å². The first-order chi connectivity index (χ1) is 8.72. The van der Waals surface area contributed by atoms with E-state index in [4.69, 9.17) is 9.47 Å². The number of methoxy groups -OCH3 is 2. The summed E-state index contributed by atoms with van der Waals surface area (Å²) < 4.78 is 15.7. The minimum absolute atomic E-state index is 0.247. The molecule has 0 spiro atoms. The second-order valence-corrected chi connectivity index (χ2v) is 4.41. The highest BCUT2D eigenvalue weighted by Gasteiger charge is 2.20. The second-order valence-electron chi connectivity index (χ2n) is 4.41. The molecule has 18 heavy (non-hydrogen) atoms. The predicted octanol–water partition coefficient (Wildman–Crippen LogP) is 2.34. The quantitative estimate of drug-likeness (QED) is 0.752. The molecule has 2 rings (SSSR count). The maximum atomic E-state index is 11.2. The lowest BCUT2D eigenvalue weighted by atomic mass is 9.96. The molecule has 98 valence electrons. The molecule has 1 aliphatic carbocycles. The van der Waals surface area contributed by atoms with Gasteiger partial charge in [0, 0.05) is 0 Å². The Balaban J connectivity index is 2.09. The van der Waals surface area contributed by atoms with Crippen LogP contribution in [0.2, 0.25) is 0 Å². The first kappa shape index (κ1) is 12.7. The molecule has 0 saturated heterocycles. The summed E-state index contributed by atoms with van der Waals surface area (Å²) in [5, 5.41) is 0. The molecule has 0 aromatic heterocycles. The third kappa shape index (κ3) is 2.94. The number of carbonyl (C=O) groups is 1. The normalized spacial score (nSPS) is 14.8. The molecular formula is C14H18O4. The minimum Gasteiger partial charge on any atom is -0.493 e. The van der Waals surface area contributed by atoms with Crippen molar-refractivity contribution in [3.8, 4) is 11.5 Å². The van der Waals surface area contributed by atoms with E-state index in [0.717, 1.165) is 24.2 Å². The maximum Gasteiger partial charge on any atom is 0.309 e. The molecular weight excluding hydrogens is 232 g/mol. The molecule has 1 aromatic rings. The molecule has 1 saturated carbocycles. The Morgan fingerprint density at radius 3 is 2.61 bits per heavy atom. The average Bonchev–Trinajstić information content (AvgIpc) is 2.34. The minimum atomic E-state index is -0.260. The lowest BCUT2D eigenvalue weighted by molar-refractivity contribution is -0.139. The van der Waals surface area contributed by atoms with Crippen LogP contribution in [0.4, 0.5) is 0 Å². The van der Waals surface area contributed by atoms with E-state index in [2.05, 4.69) is 4.74 Å². The van der Waals surface area contributed by atoms with Crippen LogP contribution in [0.15, 0.2) is 18.2 Å². The van der Waals surface area contributed by atoms with E-state index in [1.54, 1.807) is 7.11 Å². The lowest BCUT2D eigenvalue weighted by Crippen LogP contribution is -2.24. The smallest absolute Gasteiger partial charge is 0.309 e. The Labute approximate surface area is 107 Å². The standard InChI is InChI=1S/C14H18O4/c1-16-13-8-10(9-14(15)17-2)6-7-12(13)18-11-4-3-5-11/h6-8,11H,3-5,9H2,1-2H3. The van der Waals surface area contributed by atoms with E-state index >= 15 is 0 Å². The van der Waals surface area contributed by atoms with Crippen molar-refractivity contribution in [2.24, 2.45) is 0 Å². The van der Waals surface area contributed by atoms with Crippen molar-refractivity contribution >= 4 is 5.97 Å². The van der Waals surface area contributed by atoms with Gasteiger partial charge in [-0.25, -0.2) is 0 Å². The van der Waals surface area contributed by atoms with E-state index in [1.807, 2.05) is 18.2 Å². The third-order valence-corrected chi connectivity index (χ3v) is 3.15. The van der Waals surface area contributed by atoms with Crippen molar-refractivity contribution < 1.29 is 19.0 Å². The molecule has 0 atom stereocenters. The lowest BCUT2D eigenvalue weighted by Gasteiger charge is -2.27. The fourth-order valence-electron chi connectivity index (χ4n) is 1.83. The first-order valence-corrected chi connectivity index (χ1v) is 6.13. The molecule has 0 amide bonds. The molecule has 0 bridgehead atoms. The van der Waals surface area contributed by atoms with Crippen LogP contribution in [-0.4, -0.2) is 26.3 Å². The highest BCUT2D eigenvalue weighted by molar-refractivity contribution is 5.72. The predicted molar refractivity (Wildman–Crippen MR) is 67.0 cm³/mol. The average molecular weight is 250 g/mol. The number of esters is 1. The van der Waals surface area contributed by atoms with Crippen molar-refractivity contribution in [3.63, 3.8) is 0 Å². The molecule has 1 aliphatic rings. The van der Waals surface area contributed by atoms with Crippen LogP contribution in [0.3, 0.4) is 0 Å². The van der Waals surface area contributed by atoms with Gasteiger partial charge in [0.1, 0.15) is 0 Å². The molecule has 0 unspecified atom stereocenters. The fraction of sp³-hybridized carbons (Fsp3) is 0.500. The highest BCUT2D eigenvalue weighted by Crippen LogP contribution is 2.33. The highest BCUT2D eigenvalue weighted by atomic mass is 16.5. The van der Waals surface area contributed by atoms with Crippen molar-refractivity contribution in [1.82, 2.24) is 0 Å². The van der Waals surface area contributed by atoms with Gasteiger partial charge in [-0.3, -0.25) is 4.79 Å². The largest absolute Gasteiger partial charge is 0.493 e. The Bertz CT molecular complexity index is 424. The molecule has 0 aliphatic heterocycles. The fourth-order valence-corrected chi connectivity index (χ4v) is 1.83. The third-order valence-electron chi connectivity index (χ3n) is 3.15. The molecule has 0 radical (unpaired) electrons. The zero-order chi connectivity index (χ0) is 13.0.